The van der Waals surface area contributed by atoms with Crippen molar-refractivity contribution in [1.29, 1.82) is 0 Å². The number of rotatable bonds is 2. The van der Waals surface area contributed by atoms with Gasteiger partial charge < -0.3 is 0 Å². The lowest BCUT2D eigenvalue weighted by atomic mass is 10.3. The minimum atomic E-state index is 0.441. The van der Waals surface area contributed by atoms with E-state index in [1.165, 1.54) is 11.3 Å². The molecular weight excluding hydrogens is 291 g/mol. The van der Waals surface area contributed by atoms with Crippen LogP contribution in [0.25, 0.3) is 15.3 Å². The Balaban J connectivity index is 2.26. The van der Waals surface area contributed by atoms with E-state index in [1.54, 1.807) is 29.0 Å². The smallest absolute Gasteiger partial charge is 0.195 e. The minimum absolute atomic E-state index is 0.441. The summed E-state index contributed by atoms with van der Waals surface area (Å²) in [4.78, 5) is 15.3. The number of hydrogen-bond acceptors (Lipinski definition) is 3. The van der Waals surface area contributed by atoms with Gasteiger partial charge in [-0.05, 0) is 24.3 Å². The van der Waals surface area contributed by atoms with E-state index >= 15 is 0 Å². The van der Waals surface area contributed by atoms with Crippen LogP contribution in [-0.4, -0.2) is 15.8 Å². The predicted octanol–water partition coefficient (Wildman–Crippen LogP) is 4.21. The van der Waals surface area contributed by atoms with Gasteiger partial charge in [-0.25, -0.2) is 4.98 Å². The Bertz CT molecular complexity index is 748. The van der Waals surface area contributed by atoms with Crippen molar-refractivity contribution in [3.63, 3.8) is 0 Å². The molecule has 0 aliphatic rings. The molecule has 0 saturated carbocycles. The zero-order chi connectivity index (χ0) is 12.7. The average Bonchev–Trinajstić information content (AvgIpc) is 2.99. The summed E-state index contributed by atoms with van der Waals surface area (Å²) in [6.45, 7) is 0. The van der Waals surface area contributed by atoms with Crippen LogP contribution in [0.15, 0.2) is 30.5 Å². The second kappa shape index (κ2) is 4.39. The molecule has 0 spiro atoms. The summed E-state index contributed by atoms with van der Waals surface area (Å²) in [7, 11) is 0. The van der Waals surface area contributed by atoms with Crippen LogP contribution in [0.3, 0.4) is 0 Å². The molecule has 6 heteroatoms. The molecule has 0 saturated heterocycles. The first-order chi connectivity index (χ1) is 8.70. The summed E-state index contributed by atoms with van der Waals surface area (Å²) in [5.74, 6) is 0. The highest BCUT2D eigenvalue weighted by Crippen LogP contribution is 2.34. The van der Waals surface area contributed by atoms with E-state index < -0.39 is 0 Å². The summed E-state index contributed by atoms with van der Waals surface area (Å²) in [6, 6.07) is 7.14. The first kappa shape index (κ1) is 11.7. The monoisotopic (exact) mass is 296 g/mol. The first-order valence-corrected chi connectivity index (χ1v) is 6.65. The highest BCUT2D eigenvalue weighted by Gasteiger charge is 2.12. The zero-order valence-electron chi connectivity index (χ0n) is 8.93. The molecule has 0 N–H and O–H groups in total. The van der Waals surface area contributed by atoms with Gasteiger partial charge in [0, 0.05) is 6.20 Å². The zero-order valence-corrected chi connectivity index (χ0v) is 11.3. The van der Waals surface area contributed by atoms with Crippen LogP contribution in [0, 0.1) is 0 Å². The number of nitrogens with zero attached hydrogens (tertiary/aromatic N) is 2. The fraction of sp³-hybridized carbons (Fsp3) is 0. The van der Waals surface area contributed by atoms with Gasteiger partial charge in [0.05, 0.1) is 20.4 Å². The van der Waals surface area contributed by atoms with Crippen molar-refractivity contribution in [2.75, 3.05) is 0 Å². The molecule has 0 amide bonds. The van der Waals surface area contributed by atoms with Gasteiger partial charge in [-0.2, -0.15) is 0 Å². The molecule has 3 rings (SSSR count). The van der Waals surface area contributed by atoms with E-state index in [4.69, 9.17) is 23.2 Å². The largest absolute Gasteiger partial charge is 0.296 e. The standard InChI is InChI=1S/C12H6Cl2N2OS/c13-8-3-4-9-11(10(8)14)15-12(18-9)16-5-1-2-7(16)6-17/h1-6H. The molecule has 2 heterocycles. The number of halogens is 2. The molecule has 0 unspecified atom stereocenters. The van der Waals surface area contributed by atoms with Crippen molar-refractivity contribution >= 4 is 51.0 Å². The lowest BCUT2D eigenvalue weighted by Crippen LogP contribution is -1.95. The molecule has 18 heavy (non-hydrogen) atoms. The molecule has 3 aromatic rings. The topological polar surface area (TPSA) is 34.9 Å². The van der Waals surface area contributed by atoms with Crippen LogP contribution < -0.4 is 0 Å². The Morgan fingerprint density at radius 1 is 1.28 bits per heavy atom. The van der Waals surface area contributed by atoms with E-state index in [-0.39, 0.29) is 0 Å². The normalized spacial score (nSPS) is 11.0. The summed E-state index contributed by atoms with van der Waals surface area (Å²) in [6.07, 6.45) is 2.58. The molecule has 90 valence electrons. The number of thiazole rings is 1. The third-order valence-corrected chi connectivity index (χ3v) is 4.36. The Morgan fingerprint density at radius 3 is 2.89 bits per heavy atom. The molecule has 0 radical (unpaired) electrons. The maximum Gasteiger partial charge on any atom is 0.195 e. The highest BCUT2D eigenvalue weighted by molar-refractivity contribution is 7.20. The Hall–Kier alpha value is -1.36. The molecular formula is C12H6Cl2N2OS. The summed E-state index contributed by atoms with van der Waals surface area (Å²) >= 11 is 13.5. The lowest BCUT2D eigenvalue weighted by molar-refractivity contribution is 0.111. The van der Waals surface area contributed by atoms with Crippen LogP contribution in [-0.2, 0) is 0 Å². The van der Waals surface area contributed by atoms with Crippen molar-refractivity contribution in [3.05, 3.63) is 46.2 Å². The molecule has 0 bridgehead atoms. The van der Waals surface area contributed by atoms with Crippen molar-refractivity contribution in [1.82, 2.24) is 9.55 Å². The Morgan fingerprint density at radius 2 is 2.11 bits per heavy atom. The van der Waals surface area contributed by atoms with Crippen molar-refractivity contribution in [3.8, 4) is 5.13 Å². The van der Waals surface area contributed by atoms with Gasteiger partial charge in [-0.1, -0.05) is 34.5 Å². The number of carbonyl (C=O) groups is 1. The second-order valence-electron chi connectivity index (χ2n) is 3.63. The van der Waals surface area contributed by atoms with Crippen molar-refractivity contribution in [2.24, 2.45) is 0 Å². The SMILES string of the molecule is O=Cc1cccn1-c1nc2c(Cl)c(Cl)ccc2s1. The van der Waals surface area contributed by atoms with E-state index in [9.17, 15) is 4.79 Å². The first-order valence-electron chi connectivity index (χ1n) is 5.08. The maximum atomic E-state index is 10.9. The highest BCUT2D eigenvalue weighted by atomic mass is 35.5. The van der Waals surface area contributed by atoms with Gasteiger partial charge in [0.2, 0.25) is 0 Å². The average molecular weight is 297 g/mol. The fourth-order valence-electron chi connectivity index (χ4n) is 1.69. The summed E-state index contributed by atoms with van der Waals surface area (Å²) < 4.78 is 2.66. The van der Waals surface area contributed by atoms with E-state index in [2.05, 4.69) is 4.98 Å². The number of benzene rings is 1. The van der Waals surface area contributed by atoms with Gasteiger partial charge in [0.25, 0.3) is 0 Å². The van der Waals surface area contributed by atoms with Gasteiger partial charge in [0.15, 0.2) is 11.4 Å². The molecule has 1 aromatic carbocycles. The third kappa shape index (κ3) is 1.73. The quantitative estimate of drug-likeness (QED) is 0.664. The molecule has 2 aromatic heterocycles. The van der Waals surface area contributed by atoms with E-state index in [0.717, 1.165) is 11.0 Å². The molecule has 0 aliphatic heterocycles. The van der Waals surface area contributed by atoms with Gasteiger partial charge >= 0.3 is 0 Å². The number of aromatic nitrogens is 2. The van der Waals surface area contributed by atoms with Gasteiger partial charge in [-0.15, -0.1) is 0 Å². The van der Waals surface area contributed by atoms with Crippen LogP contribution in [0.1, 0.15) is 10.5 Å². The van der Waals surface area contributed by atoms with E-state index in [0.29, 0.717) is 26.4 Å². The Kier molecular flexibility index (Phi) is 2.86. The number of aldehydes is 1. The van der Waals surface area contributed by atoms with Crippen LogP contribution in [0.5, 0.6) is 0 Å². The fourth-order valence-corrected chi connectivity index (χ4v) is 3.09. The maximum absolute atomic E-state index is 10.9. The third-order valence-electron chi connectivity index (χ3n) is 2.55. The van der Waals surface area contributed by atoms with Crippen LogP contribution >= 0.6 is 34.5 Å². The molecule has 0 atom stereocenters. The molecule has 3 nitrogen and oxygen atoms in total. The molecule has 0 aliphatic carbocycles. The number of carbonyl (C=O) groups excluding carboxylic acids is 1. The number of fused-ring (bicyclic) bond motifs is 1. The minimum Gasteiger partial charge on any atom is -0.296 e. The molecule has 0 fully saturated rings. The summed E-state index contributed by atoms with van der Waals surface area (Å²) in [5.41, 5.74) is 1.21. The predicted molar refractivity (Wildman–Crippen MR) is 74.4 cm³/mol. The second-order valence-corrected chi connectivity index (χ2v) is 5.42. The van der Waals surface area contributed by atoms with E-state index in [1.807, 2.05) is 6.07 Å². The number of hydrogen-bond donors (Lipinski definition) is 0. The lowest BCUT2D eigenvalue weighted by Gasteiger charge is -1.97. The van der Waals surface area contributed by atoms with Crippen molar-refractivity contribution < 1.29 is 4.79 Å². The van der Waals surface area contributed by atoms with Crippen LogP contribution in [0.2, 0.25) is 10.0 Å². The van der Waals surface area contributed by atoms with Gasteiger partial charge in [-0.3, -0.25) is 9.36 Å². The Labute approximate surface area is 117 Å². The van der Waals surface area contributed by atoms with Gasteiger partial charge in [0.1, 0.15) is 5.52 Å². The van der Waals surface area contributed by atoms with Crippen molar-refractivity contribution in [2.45, 2.75) is 0 Å². The van der Waals surface area contributed by atoms with Crippen LogP contribution in [0.4, 0.5) is 0 Å². The summed E-state index contributed by atoms with van der Waals surface area (Å²) in [5, 5.41) is 1.61.